The van der Waals surface area contributed by atoms with Gasteiger partial charge in [0.25, 0.3) is 0 Å². The summed E-state index contributed by atoms with van der Waals surface area (Å²) in [5.41, 5.74) is 1.54. The molecule has 1 N–H and O–H groups in total. The number of nitrogens with zero attached hydrogens (tertiary/aromatic N) is 2. The van der Waals surface area contributed by atoms with Gasteiger partial charge in [0.1, 0.15) is 16.9 Å². The first-order valence-corrected chi connectivity index (χ1v) is 8.61. The van der Waals surface area contributed by atoms with E-state index in [0.717, 1.165) is 16.5 Å². The summed E-state index contributed by atoms with van der Waals surface area (Å²) in [5.74, 6) is 0.0998. The summed E-state index contributed by atoms with van der Waals surface area (Å²) >= 11 is 6.36. The summed E-state index contributed by atoms with van der Waals surface area (Å²) in [6.07, 6.45) is -0.00182. The van der Waals surface area contributed by atoms with Gasteiger partial charge in [0.15, 0.2) is 0 Å². The third-order valence-electron chi connectivity index (χ3n) is 4.45. The van der Waals surface area contributed by atoms with Gasteiger partial charge < -0.3 is 14.8 Å². The molecule has 2 aromatic rings. The molecule has 1 fully saturated rings. The van der Waals surface area contributed by atoms with E-state index >= 15 is 0 Å². The lowest BCUT2D eigenvalue weighted by molar-refractivity contribution is -0.146. The van der Waals surface area contributed by atoms with Crippen LogP contribution in [0.1, 0.15) is 12.0 Å². The van der Waals surface area contributed by atoms with Gasteiger partial charge in [0.05, 0.1) is 26.2 Å². The summed E-state index contributed by atoms with van der Waals surface area (Å²) in [6.45, 7) is 1.56. The van der Waals surface area contributed by atoms with Crippen LogP contribution in [0.3, 0.4) is 0 Å². The van der Waals surface area contributed by atoms with Crippen molar-refractivity contribution in [3.05, 3.63) is 35.0 Å². The number of fused-ring (bicyclic) bond motifs is 1. The van der Waals surface area contributed by atoms with Crippen LogP contribution in [0.2, 0.25) is 5.15 Å². The zero-order chi connectivity index (χ0) is 18.7. The highest BCUT2D eigenvalue weighted by Gasteiger charge is 2.32. The third kappa shape index (κ3) is 3.89. The molecule has 1 amide bonds. The van der Waals surface area contributed by atoms with Crippen LogP contribution in [0.5, 0.6) is 5.75 Å². The Balaban J connectivity index is 1.87. The van der Waals surface area contributed by atoms with Crippen molar-refractivity contribution >= 4 is 34.4 Å². The van der Waals surface area contributed by atoms with Crippen molar-refractivity contribution in [1.82, 2.24) is 15.2 Å². The van der Waals surface area contributed by atoms with Gasteiger partial charge in [0, 0.05) is 36.7 Å². The number of rotatable bonds is 5. The van der Waals surface area contributed by atoms with Crippen LogP contribution < -0.4 is 10.1 Å². The second-order valence-corrected chi connectivity index (χ2v) is 6.41. The molecule has 26 heavy (non-hydrogen) atoms. The molecule has 0 bridgehead atoms. The highest BCUT2D eigenvalue weighted by atomic mass is 35.5. The SMILES string of the molecule is COC(=O)CC1C(=O)NCCN1Cc1cc2ccc(OC)cc2nc1Cl. The number of amides is 1. The fourth-order valence-electron chi connectivity index (χ4n) is 3.04. The van der Waals surface area contributed by atoms with Crippen LogP contribution in [0.15, 0.2) is 24.3 Å². The summed E-state index contributed by atoms with van der Waals surface area (Å²) in [5, 5.41) is 4.08. The number of aromatic nitrogens is 1. The van der Waals surface area contributed by atoms with Crippen molar-refractivity contribution < 1.29 is 19.1 Å². The predicted octanol–water partition coefficient (Wildman–Crippen LogP) is 1.76. The van der Waals surface area contributed by atoms with Crippen LogP contribution >= 0.6 is 11.6 Å². The largest absolute Gasteiger partial charge is 0.497 e. The highest BCUT2D eigenvalue weighted by Crippen LogP contribution is 2.26. The Labute approximate surface area is 156 Å². The number of halogens is 1. The van der Waals surface area contributed by atoms with Gasteiger partial charge in [-0.05, 0) is 18.2 Å². The smallest absolute Gasteiger partial charge is 0.307 e. The van der Waals surface area contributed by atoms with E-state index in [1.807, 2.05) is 29.2 Å². The van der Waals surface area contributed by atoms with Crippen LogP contribution in [-0.4, -0.2) is 55.1 Å². The number of benzene rings is 1. The fraction of sp³-hybridized carbons (Fsp3) is 0.389. The monoisotopic (exact) mass is 377 g/mol. The van der Waals surface area contributed by atoms with Crippen molar-refractivity contribution in [3.63, 3.8) is 0 Å². The van der Waals surface area contributed by atoms with Gasteiger partial charge in [-0.15, -0.1) is 0 Å². The molecule has 0 radical (unpaired) electrons. The molecule has 1 saturated heterocycles. The van der Waals surface area contributed by atoms with Crippen LogP contribution in [0.4, 0.5) is 0 Å². The lowest BCUT2D eigenvalue weighted by atomic mass is 10.1. The molecule has 0 saturated carbocycles. The summed E-state index contributed by atoms with van der Waals surface area (Å²) in [4.78, 5) is 30.2. The maximum atomic E-state index is 12.2. The minimum Gasteiger partial charge on any atom is -0.497 e. The quantitative estimate of drug-likeness (QED) is 0.631. The molecule has 1 atom stereocenters. The Bertz CT molecular complexity index is 843. The molecule has 2 heterocycles. The number of ether oxygens (including phenoxy) is 2. The fourth-order valence-corrected chi connectivity index (χ4v) is 3.24. The Hall–Kier alpha value is -2.38. The number of carbonyl (C=O) groups excluding carboxylic acids is 2. The van der Waals surface area contributed by atoms with E-state index in [0.29, 0.717) is 30.5 Å². The van der Waals surface area contributed by atoms with E-state index in [2.05, 4.69) is 10.3 Å². The van der Waals surface area contributed by atoms with Crippen LogP contribution in [0, 0.1) is 0 Å². The molecule has 0 spiro atoms. The number of methoxy groups -OCH3 is 2. The van der Waals surface area contributed by atoms with E-state index < -0.39 is 12.0 Å². The first-order valence-electron chi connectivity index (χ1n) is 8.23. The average molecular weight is 378 g/mol. The lowest BCUT2D eigenvalue weighted by Gasteiger charge is -2.34. The van der Waals surface area contributed by atoms with Crippen LogP contribution in [-0.2, 0) is 20.9 Å². The number of esters is 1. The minimum absolute atomic E-state index is 0.00182. The topological polar surface area (TPSA) is 80.8 Å². The Morgan fingerprint density at radius 2 is 2.19 bits per heavy atom. The van der Waals surface area contributed by atoms with E-state index in [1.165, 1.54) is 7.11 Å². The Kier molecular flexibility index (Phi) is 5.58. The van der Waals surface area contributed by atoms with Gasteiger partial charge in [-0.3, -0.25) is 14.5 Å². The van der Waals surface area contributed by atoms with E-state index in [-0.39, 0.29) is 12.3 Å². The highest BCUT2D eigenvalue weighted by molar-refractivity contribution is 6.30. The van der Waals surface area contributed by atoms with Gasteiger partial charge in [-0.25, -0.2) is 4.98 Å². The zero-order valence-electron chi connectivity index (χ0n) is 14.6. The van der Waals surface area contributed by atoms with Gasteiger partial charge in [-0.1, -0.05) is 11.6 Å². The second kappa shape index (κ2) is 7.88. The van der Waals surface area contributed by atoms with E-state index in [1.54, 1.807) is 7.11 Å². The number of pyridine rings is 1. The first kappa shape index (κ1) is 18.4. The molecule has 1 aromatic carbocycles. The molecule has 1 aliphatic heterocycles. The standard InChI is InChI=1S/C18H20ClN3O4/c1-25-13-4-3-11-7-12(17(19)21-14(11)8-13)10-22-6-5-20-18(24)15(22)9-16(23)26-2/h3-4,7-8,15H,5-6,9-10H2,1-2H3,(H,20,24). The molecule has 1 aromatic heterocycles. The molecular weight excluding hydrogens is 358 g/mol. The number of nitrogens with one attached hydrogen (secondary N) is 1. The predicted molar refractivity (Wildman–Crippen MR) is 97.1 cm³/mol. The number of piperazine rings is 1. The van der Waals surface area contributed by atoms with Gasteiger partial charge >= 0.3 is 5.97 Å². The van der Waals surface area contributed by atoms with Crippen molar-refractivity contribution in [2.75, 3.05) is 27.3 Å². The summed E-state index contributed by atoms with van der Waals surface area (Å²) in [6, 6.07) is 6.95. The second-order valence-electron chi connectivity index (χ2n) is 6.05. The van der Waals surface area contributed by atoms with Gasteiger partial charge in [0.2, 0.25) is 5.91 Å². The normalized spacial score (nSPS) is 17.8. The number of carbonyl (C=O) groups is 2. The number of hydrogen-bond acceptors (Lipinski definition) is 6. The van der Waals surface area contributed by atoms with Crippen molar-refractivity contribution in [2.45, 2.75) is 19.0 Å². The molecule has 0 aliphatic carbocycles. The third-order valence-corrected chi connectivity index (χ3v) is 4.78. The minimum atomic E-state index is -0.584. The molecule has 1 aliphatic rings. The molecule has 3 rings (SSSR count). The average Bonchev–Trinajstić information content (AvgIpc) is 2.64. The van der Waals surface area contributed by atoms with Crippen LogP contribution in [0.25, 0.3) is 10.9 Å². The Morgan fingerprint density at radius 1 is 1.38 bits per heavy atom. The maximum absolute atomic E-state index is 12.2. The lowest BCUT2D eigenvalue weighted by Crippen LogP contribution is -2.55. The molecule has 7 nitrogen and oxygen atoms in total. The van der Waals surface area contributed by atoms with E-state index in [4.69, 9.17) is 21.1 Å². The summed E-state index contributed by atoms with van der Waals surface area (Å²) in [7, 11) is 2.91. The number of hydrogen-bond donors (Lipinski definition) is 1. The molecule has 8 heteroatoms. The molecule has 1 unspecified atom stereocenters. The summed E-state index contributed by atoms with van der Waals surface area (Å²) < 4.78 is 9.91. The van der Waals surface area contributed by atoms with Crippen molar-refractivity contribution in [1.29, 1.82) is 0 Å². The van der Waals surface area contributed by atoms with Crippen molar-refractivity contribution in [3.8, 4) is 5.75 Å². The maximum Gasteiger partial charge on any atom is 0.307 e. The van der Waals surface area contributed by atoms with Gasteiger partial charge in [-0.2, -0.15) is 0 Å². The molecular formula is C18H20ClN3O4. The first-order chi connectivity index (χ1) is 12.5. The zero-order valence-corrected chi connectivity index (χ0v) is 15.4. The molecule has 138 valence electrons. The van der Waals surface area contributed by atoms with Crippen molar-refractivity contribution in [2.24, 2.45) is 0 Å². The Morgan fingerprint density at radius 3 is 2.92 bits per heavy atom. The van der Waals surface area contributed by atoms with E-state index in [9.17, 15) is 9.59 Å².